The van der Waals surface area contributed by atoms with Crippen molar-refractivity contribution in [2.45, 2.75) is 33.6 Å². The first-order valence-electron chi connectivity index (χ1n) is 7.70. The Hall–Kier alpha value is -0.850. The van der Waals surface area contributed by atoms with Crippen LogP contribution in [0.5, 0.6) is 0 Å². The van der Waals surface area contributed by atoms with E-state index >= 15 is 0 Å². The maximum Gasteiger partial charge on any atom is 0.208 e. The van der Waals surface area contributed by atoms with E-state index in [9.17, 15) is 0 Å². The van der Waals surface area contributed by atoms with Crippen LogP contribution in [0, 0.1) is 0 Å². The maximum atomic E-state index is 5.58. The molecule has 20 heavy (non-hydrogen) atoms. The molecule has 0 rings (SSSR count). The normalized spacial score (nSPS) is 12.0. The molecule has 0 aromatic rings. The molecule has 6 heteroatoms. The van der Waals surface area contributed by atoms with Crippen molar-refractivity contribution >= 4 is 5.96 Å². The van der Waals surface area contributed by atoms with Crippen molar-refractivity contribution in [3.05, 3.63) is 0 Å². The summed E-state index contributed by atoms with van der Waals surface area (Å²) in [6, 6.07) is 0. The fourth-order valence-electron chi connectivity index (χ4n) is 2.07. The van der Waals surface area contributed by atoms with E-state index < -0.39 is 0 Å². The molecule has 0 amide bonds. The van der Waals surface area contributed by atoms with Crippen LogP contribution in [0.3, 0.4) is 0 Å². The largest absolute Gasteiger partial charge is 0.385 e. The molecule has 0 radical (unpaired) electrons. The van der Waals surface area contributed by atoms with E-state index in [1.807, 2.05) is 0 Å². The maximum absolute atomic E-state index is 5.58. The van der Waals surface area contributed by atoms with Crippen molar-refractivity contribution in [1.82, 2.24) is 15.2 Å². The van der Waals surface area contributed by atoms with Gasteiger partial charge in [0.15, 0.2) is 0 Å². The Morgan fingerprint density at radius 3 is 2.30 bits per heavy atom. The van der Waals surface area contributed by atoms with Gasteiger partial charge >= 0.3 is 0 Å². The van der Waals surface area contributed by atoms with Crippen molar-refractivity contribution in [2.75, 3.05) is 53.0 Å². The van der Waals surface area contributed by atoms with Crippen molar-refractivity contribution in [2.24, 2.45) is 10.8 Å². The molecular formula is C14H33N5O. The SMILES string of the molecule is CCN(CC)CCCN(CC)C(=NCCCOC)NN. The highest BCUT2D eigenvalue weighted by atomic mass is 16.5. The second-order valence-corrected chi connectivity index (χ2v) is 4.66. The van der Waals surface area contributed by atoms with E-state index in [2.05, 4.69) is 41.0 Å². The van der Waals surface area contributed by atoms with Gasteiger partial charge in [-0.05, 0) is 39.4 Å². The van der Waals surface area contributed by atoms with Crippen LogP contribution in [0.1, 0.15) is 33.6 Å². The lowest BCUT2D eigenvalue weighted by atomic mass is 10.3. The first kappa shape index (κ1) is 19.1. The van der Waals surface area contributed by atoms with Crippen LogP contribution in [0.15, 0.2) is 4.99 Å². The third-order valence-corrected chi connectivity index (χ3v) is 3.38. The van der Waals surface area contributed by atoms with Gasteiger partial charge in [-0.2, -0.15) is 0 Å². The molecule has 0 aromatic heterocycles. The summed E-state index contributed by atoms with van der Waals surface area (Å²) in [5, 5.41) is 0. The lowest BCUT2D eigenvalue weighted by molar-refractivity contribution is 0.197. The predicted molar refractivity (Wildman–Crippen MR) is 85.8 cm³/mol. The molecular weight excluding hydrogens is 254 g/mol. The Morgan fingerprint density at radius 1 is 1.10 bits per heavy atom. The number of methoxy groups -OCH3 is 1. The Labute approximate surface area is 124 Å². The summed E-state index contributed by atoms with van der Waals surface area (Å²) in [6.45, 7) is 13.2. The Morgan fingerprint density at radius 2 is 1.80 bits per heavy atom. The monoisotopic (exact) mass is 287 g/mol. The molecule has 0 unspecified atom stereocenters. The van der Waals surface area contributed by atoms with Crippen molar-refractivity contribution in [3.63, 3.8) is 0 Å². The number of nitrogens with one attached hydrogen (secondary N) is 1. The number of aliphatic imine (C=N–C) groups is 1. The zero-order valence-corrected chi connectivity index (χ0v) is 13.7. The van der Waals surface area contributed by atoms with Crippen molar-refractivity contribution < 1.29 is 4.74 Å². The molecule has 120 valence electrons. The molecule has 0 atom stereocenters. The number of nitrogens with two attached hydrogens (primary N) is 1. The Balaban J connectivity index is 4.17. The quantitative estimate of drug-likeness (QED) is 0.194. The zero-order valence-electron chi connectivity index (χ0n) is 13.7. The molecule has 0 saturated heterocycles. The number of ether oxygens (including phenoxy) is 1. The van der Waals surface area contributed by atoms with E-state index in [4.69, 9.17) is 10.6 Å². The number of rotatable bonds is 11. The van der Waals surface area contributed by atoms with Gasteiger partial charge in [0.2, 0.25) is 5.96 Å². The minimum absolute atomic E-state index is 0.732. The zero-order chi connectivity index (χ0) is 15.2. The minimum atomic E-state index is 0.732. The van der Waals surface area contributed by atoms with Gasteiger partial charge < -0.3 is 14.5 Å². The van der Waals surface area contributed by atoms with Crippen LogP contribution in [-0.2, 0) is 4.74 Å². The fourth-order valence-corrected chi connectivity index (χ4v) is 2.07. The summed E-state index contributed by atoms with van der Waals surface area (Å²) < 4.78 is 5.02. The molecule has 0 heterocycles. The number of nitrogens with zero attached hydrogens (tertiary/aromatic N) is 3. The molecule has 0 aliphatic rings. The topological polar surface area (TPSA) is 66.1 Å². The van der Waals surface area contributed by atoms with Crippen LogP contribution in [0.25, 0.3) is 0 Å². The average Bonchev–Trinajstić information content (AvgIpc) is 2.49. The van der Waals surface area contributed by atoms with Crippen LogP contribution in [0.4, 0.5) is 0 Å². The minimum Gasteiger partial charge on any atom is -0.385 e. The van der Waals surface area contributed by atoms with Gasteiger partial charge in [-0.25, -0.2) is 5.84 Å². The summed E-state index contributed by atoms with van der Waals surface area (Å²) in [5.74, 6) is 6.36. The van der Waals surface area contributed by atoms with Gasteiger partial charge in [0, 0.05) is 33.4 Å². The number of guanidine groups is 1. The van der Waals surface area contributed by atoms with Crippen LogP contribution in [-0.4, -0.2) is 68.7 Å². The first-order valence-corrected chi connectivity index (χ1v) is 7.70. The van der Waals surface area contributed by atoms with Gasteiger partial charge in [-0.15, -0.1) is 0 Å². The first-order chi connectivity index (χ1) is 9.73. The highest BCUT2D eigenvalue weighted by molar-refractivity contribution is 5.79. The van der Waals surface area contributed by atoms with E-state index in [-0.39, 0.29) is 0 Å². The molecule has 0 bridgehead atoms. The highest BCUT2D eigenvalue weighted by Gasteiger charge is 2.08. The van der Waals surface area contributed by atoms with Crippen molar-refractivity contribution in [1.29, 1.82) is 0 Å². The van der Waals surface area contributed by atoms with Gasteiger partial charge in [-0.3, -0.25) is 10.4 Å². The smallest absolute Gasteiger partial charge is 0.208 e. The van der Waals surface area contributed by atoms with E-state index in [1.54, 1.807) is 7.11 Å². The molecule has 3 N–H and O–H groups in total. The van der Waals surface area contributed by atoms with Crippen molar-refractivity contribution in [3.8, 4) is 0 Å². The van der Waals surface area contributed by atoms with Gasteiger partial charge in [0.1, 0.15) is 0 Å². The number of hydrazine groups is 1. The van der Waals surface area contributed by atoms with Crippen LogP contribution < -0.4 is 11.3 Å². The second kappa shape index (κ2) is 13.1. The Bertz CT molecular complexity index is 244. The van der Waals surface area contributed by atoms with Gasteiger partial charge in [0.25, 0.3) is 0 Å². The molecule has 0 spiro atoms. The Kier molecular flexibility index (Phi) is 12.6. The molecule has 0 saturated carbocycles. The molecule has 6 nitrogen and oxygen atoms in total. The third kappa shape index (κ3) is 8.35. The summed E-state index contributed by atoms with van der Waals surface area (Å²) in [6.07, 6.45) is 2.03. The number of hydrogen-bond donors (Lipinski definition) is 2. The van der Waals surface area contributed by atoms with Gasteiger partial charge in [0.05, 0.1) is 0 Å². The third-order valence-electron chi connectivity index (χ3n) is 3.38. The van der Waals surface area contributed by atoms with E-state index in [1.165, 1.54) is 0 Å². The predicted octanol–water partition coefficient (Wildman–Crippen LogP) is 0.896. The number of hydrogen-bond acceptors (Lipinski definition) is 4. The van der Waals surface area contributed by atoms with Crippen LogP contribution >= 0.6 is 0 Å². The van der Waals surface area contributed by atoms with E-state index in [0.29, 0.717) is 0 Å². The molecule has 0 aliphatic heterocycles. The molecule has 0 aromatic carbocycles. The summed E-state index contributed by atoms with van der Waals surface area (Å²) in [7, 11) is 1.71. The summed E-state index contributed by atoms with van der Waals surface area (Å²) in [5.41, 5.74) is 2.72. The average molecular weight is 287 g/mol. The van der Waals surface area contributed by atoms with Gasteiger partial charge in [-0.1, -0.05) is 13.8 Å². The fraction of sp³-hybridized carbons (Fsp3) is 0.929. The van der Waals surface area contributed by atoms with Crippen LogP contribution in [0.2, 0.25) is 0 Å². The summed E-state index contributed by atoms with van der Waals surface area (Å²) in [4.78, 5) is 9.12. The molecule has 0 fully saturated rings. The standard InChI is InChI=1S/C14H33N5O/c1-5-18(6-2)11-9-12-19(7-3)14(17-15)16-10-8-13-20-4/h5-13,15H2,1-4H3,(H,16,17). The highest BCUT2D eigenvalue weighted by Crippen LogP contribution is 1.97. The molecule has 0 aliphatic carbocycles. The second-order valence-electron chi connectivity index (χ2n) is 4.66. The lowest BCUT2D eigenvalue weighted by Gasteiger charge is -2.26. The summed E-state index contributed by atoms with van der Waals surface area (Å²) >= 11 is 0. The lowest BCUT2D eigenvalue weighted by Crippen LogP contribution is -2.45. The van der Waals surface area contributed by atoms with E-state index in [0.717, 1.165) is 64.7 Å².